The Kier molecular flexibility index (Phi) is 10.7. The van der Waals surface area contributed by atoms with Crippen LogP contribution in [0, 0.1) is 5.92 Å². The lowest BCUT2D eigenvalue weighted by Gasteiger charge is -2.42. The van der Waals surface area contributed by atoms with Crippen LogP contribution in [-0.4, -0.2) is 68.0 Å². The van der Waals surface area contributed by atoms with Gasteiger partial charge < -0.3 is 11.1 Å². The van der Waals surface area contributed by atoms with Crippen molar-refractivity contribution in [3.63, 3.8) is 0 Å². The number of sulfone groups is 1. The molecule has 2 fully saturated rings. The zero-order valence-corrected chi connectivity index (χ0v) is 26.1. The maximum atomic E-state index is 14.3. The number of carbonyl (C=O) groups excluding carboxylic acids is 2. The summed E-state index contributed by atoms with van der Waals surface area (Å²) in [4.78, 5) is 28.8. The van der Waals surface area contributed by atoms with Crippen molar-refractivity contribution < 1.29 is 31.2 Å². The topological polar surface area (TPSA) is 113 Å². The molecule has 14 heteroatoms. The summed E-state index contributed by atoms with van der Waals surface area (Å²) in [5.74, 6) is -1.57. The smallest absolute Gasteiger partial charge is 0.369 e. The van der Waals surface area contributed by atoms with Crippen LogP contribution in [0.4, 0.5) is 13.2 Å². The minimum Gasteiger partial charge on any atom is -0.369 e. The third kappa shape index (κ3) is 8.21. The van der Waals surface area contributed by atoms with Crippen molar-refractivity contribution in [2.45, 2.75) is 62.8 Å². The van der Waals surface area contributed by atoms with Crippen molar-refractivity contribution in [2.75, 3.05) is 31.9 Å². The van der Waals surface area contributed by atoms with Gasteiger partial charge in [-0.3, -0.25) is 19.4 Å². The Balaban J connectivity index is 1.52. The number of rotatable bonds is 9. The zero-order chi connectivity index (χ0) is 31.5. The Hall–Kier alpha value is -2.38. The van der Waals surface area contributed by atoms with Crippen molar-refractivity contribution in [3.8, 4) is 0 Å². The number of nitrogens with one attached hydrogen (secondary N) is 1. The van der Waals surface area contributed by atoms with Gasteiger partial charge in [-0.25, -0.2) is 8.42 Å². The third-order valence-electron chi connectivity index (χ3n) is 8.17. The molecule has 0 bridgehead atoms. The van der Waals surface area contributed by atoms with E-state index in [9.17, 15) is 31.2 Å². The summed E-state index contributed by atoms with van der Waals surface area (Å²) in [6.07, 6.45) is -1.55. The van der Waals surface area contributed by atoms with Gasteiger partial charge in [-0.2, -0.15) is 13.2 Å². The van der Waals surface area contributed by atoms with E-state index >= 15 is 0 Å². The molecule has 0 unspecified atom stereocenters. The van der Waals surface area contributed by atoms with Gasteiger partial charge in [-0.1, -0.05) is 30.1 Å². The van der Waals surface area contributed by atoms with E-state index < -0.39 is 27.5 Å². The maximum Gasteiger partial charge on any atom is 0.416 e. The number of primary amides is 1. The van der Waals surface area contributed by atoms with Crippen LogP contribution in [0.3, 0.4) is 0 Å². The number of alkyl halides is 3. The molecule has 2 atom stereocenters. The van der Waals surface area contributed by atoms with E-state index in [4.69, 9.17) is 28.9 Å². The second-order valence-corrected chi connectivity index (χ2v) is 14.2. The first-order valence-corrected chi connectivity index (χ1v) is 16.5. The van der Waals surface area contributed by atoms with Gasteiger partial charge in [-0.05, 0) is 80.2 Å². The quantitative estimate of drug-likeness (QED) is 0.395. The SMILES string of the molecule is CCS(=O)(=O)c1ccc(Cl)cc1CNC(=O)c1cc(Cl)c(CN2CCC[C@H](N3CCC[C@@H](C(N)=O)C3)C2)c(C(F)(F)F)c1. The summed E-state index contributed by atoms with van der Waals surface area (Å²) in [5, 5.41) is 2.56. The van der Waals surface area contributed by atoms with Gasteiger partial charge >= 0.3 is 6.18 Å². The van der Waals surface area contributed by atoms with Crippen LogP contribution in [-0.2, 0) is 33.9 Å². The number of nitrogens with zero attached hydrogens (tertiary/aromatic N) is 2. The Bertz CT molecular complexity index is 1470. The molecule has 0 saturated carbocycles. The lowest BCUT2D eigenvalue weighted by molar-refractivity contribution is -0.138. The number of hydrogen-bond donors (Lipinski definition) is 2. The molecule has 0 aromatic heterocycles. The van der Waals surface area contributed by atoms with Crippen LogP contribution >= 0.6 is 23.2 Å². The minimum atomic E-state index is -4.78. The molecule has 2 aliphatic heterocycles. The van der Waals surface area contributed by atoms with E-state index in [1.165, 1.54) is 31.2 Å². The molecule has 2 aromatic carbocycles. The summed E-state index contributed by atoms with van der Waals surface area (Å²) < 4.78 is 67.8. The molecule has 43 heavy (non-hydrogen) atoms. The van der Waals surface area contributed by atoms with Gasteiger partial charge in [-0.15, -0.1) is 0 Å². The monoisotopic (exact) mass is 662 g/mol. The Morgan fingerprint density at radius 2 is 1.79 bits per heavy atom. The fraction of sp³-hybridized carbons (Fsp3) is 0.517. The predicted octanol–water partition coefficient (Wildman–Crippen LogP) is 4.90. The molecule has 4 rings (SSSR count). The van der Waals surface area contributed by atoms with Crippen LogP contribution in [0.1, 0.15) is 59.7 Å². The standard InChI is InChI=1S/C29H35Cl2F3N4O4S/c1-2-43(41,42)26-8-7-21(30)11-20(26)14-36-28(40)19-12-24(29(32,33)34)23(25(31)13-19)17-37-9-4-6-22(16-37)38-10-3-5-18(15-38)27(35)39/h7-8,11-13,18,22H,2-6,9-10,14-17H2,1H3,(H2,35,39)(H,36,40)/t18-,22+/m1/s1. The number of carbonyl (C=O) groups is 2. The molecule has 2 aliphatic rings. The van der Waals surface area contributed by atoms with Crippen molar-refractivity contribution in [1.29, 1.82) is 0 Å². The highest BCUT2D eigenvalue weighted by molar-refractivity contribution is 7.91. The van der Waals surface area contributed by atoms with Crippen LogP contribution < -0.4 is 11.1 Å². The van der Waals surface area contributed by atoms with E-state index in [1.807, 2.05) is 4.90 Å². The van der Waals surface area contributed by atoms with Gasteiger partial charge in [0.25, 0.3) is 5.91 Å². The average molecular weight is 664 g/mol. The highest BCUT2D eigenvalue weighted by atomic mass is 35.5. The van der Waals surface area contributed by atoms with Crippen LogP contribution in [0.25, 0.3) is 0 Å². The number of piperidine rings is 2. The highest BCUT2D eigenvalue weighted by Crippen LogP contribution is 2.37. The fourth-order valence-corrected chi connectivity index (χ4v) is 7.46. The minimum absolute atomic E-state index is 0.0152. The van der Waals surface area contributed by atoms with E-state index in [-0.39, 0.29) is 68.3 Å². The van der Waals surface area contributed by atoms with Crippen LogP contribution in [0.5, 0.6) is 0 Å². The molecule has 0 aliphatic carbocycles. The highest BCUT2D eigenvalue weighted by Gasteiger charge is 2.37. The molecule has 2 saturated heterocycles. The van der Waals surface area contributed by atoms with Gasteiger partial charge in [0.15, 0.2) is 9.84 Å². The lowest BCUT2D eigenvalue weighted by atomic mass is 9.93. The summed E-state index contributed by atoms with van der Waals surface area (Å²) in [6.45, 7) is 3.61. The summed E-state index contributed by atoms with van der Waals surface area (Å²) in [7, 11) is -3.64. The zero-order valence-electron chi connectivity index (χ0n) is 23.7. The second-order valence-electron chi connectivity index (χ2n) is 11.1. The van der Waals surface area contributed by atoms with Gasteiger partial charge in [0.1, 0.15) is 0 Å². The summed E-state index contributed by atoms with van der Waals surface area (Å²) >= 11 is 12.4. The van der Waals surface area contributed by atoms with Gasteiger partial charge in [0.05, 0.1) is 22.1 Å². The molecular weight excluding hydrogens is 628 g/mol. The number of amides is 2. The molecular formula is C29H35Cl2F3N4O4S. The fourth-order valence-electron chi connectivity index (χ4n) is 5.87. The van der Waals surface area contributed by atoms with E-state index in [0.29, 0.717) is 19.6 Å². The Morgan fingerprint density at radius 3 is 2.47 bits per heavy atom. The average Bonchev–Trinajstić information content (AvgIpc) is 2.96. The maximum absolute atomic E-state index is 14.3. The number of nitrogens with two attached hydrogens (primary N) is 1. The molecule has 3 N–H and O–H groups in total. The number of hydrogen-bond acceptors (Lipinski definition) is 6. The predicted molar refractivity (Wildman–Crippen MR) is 159 cm³/mol. The molecule has 2 amide bonds. The lowest BCUT2D eigenvalue weighted by Crippen LogP contribution is -2.52. The Morgan fingerprint density at radius 1 is 1.07 bits per heavy atom. The molecule has 236 valence electrons. The molecule has 0 spiro atoms. The van der Waals surface area contributed by atoms with Crippen LogP contribution in [0.2, 0.25) is 10.0 Å². The van der Waals surface area contributed by atoms with Crippen molar-refractivity contribution in [2.24, 2.45) is 11.7 Å². The molecule has 2 aromatic rings. The normalized spacial score (nSPS) is 20.6. The number of halogens is 5. The van der Waals surface area contributed by atoms with Crippen LogP contribution in [0.15, 0.2) is 35.2 Å². The summed E-state index contributed by atoms with van der Waals surface area (Å²) in [5.41, 5.74) is 4.32. The van der Waals surface area contributed by atoms with E-state index in [2.05, 4.69) is 10.2 Å². The van der Waals surface area contributed by atoms with E-state index in [0.717, 1.165) is 38.3 Å². The first kappa shape index (κ1) is 33.5. The first-order chi connectivity index (χ1) is 20.2. The van der Waals surface area contributed by atoms with E-state index in [1.54, 1.807) is 0 Å². The third-order valence-corrected chi connectivity index (χ3v) is 10.6. The number of likely N-dealkylation sites (tertiary alicyclic amines) is 2. The first-order valence-electron chi connectivity index (χ1n) is 14.1. The molecule has 0 radical (unpaired) electrons. The molecule has 8 nitrogen and oxygen atoms in total. The largest absolute Gasteiger partial charge is 0.416 e. The molecule has 2 heterocycles. The van der Waals surface area contributed by atoms with Gasteiger partial charge in [0.2, 0.25) is 5.91 Å². The Labute approximate surface area is 259 Å². The summed E-state index contributed by atoms with van der Waals surface area (Å²) in [6, 6.07) is 6.21. The van der Waals surface area contributed by atoms with Gasteiger partial charge in [0, 0.05) is 47.8 Å². The van der Waals surface area contributed by atoms with Crippen molar-refractivity contribution in [1.82, 2.24) is 15.1 Å². The number of benzene rings is 2. The van der Waals surface area contributed by atoms with Crippen molar-refractivity contribution in [3.05, 3.63) is 62.6 Å². The second kappa shape index (κ2) is 13.7. The van der Waals surface area contributed by atoms with Crippen molar-refractivity contribution >= 4 is 44.9 Å².